The predicted octanol–water partition coefficient (Wildman–Crippen LogP) is 2.10. The summed E-state index contributed by atoms with van der Waals surface area (Å²) in [6.07, 6.45) is 1.72. The van der Waals surface area contributed by atoms with Crippen LogP contribution >= 0.6 is 0 Å². The third kappa shape index (κ3) is 2.37. The number of hydrogen-bond acceptors (Lipinski definition) is 7. The summed E-state index contributed by atoms with van der Waals surface area (Å²) in [5.74, 6) is 2.43. The molecule has 2 aromatic rings. The number of hydrogen-bond donors (Lipinski definition) is 0. The maximum atomic E-state index is 9.11. The Morgan fingerprint density at radius 3 is 2.52 bits per heavy atom. The second-order valence-electron chi connectivity index (χ2n) is 5.69. The Balaban J connectivity index is 1.77. The van der Waals surface area contributed by atoms with Crippen LogP contribution in [0.25, 0.3) is 0 Å². The highest BCUT2D eigenvalue weighted by atomic mass is 16.5. The van der Waals surface area contributed by atoms with Crippen molar-refractivity contribution >= 4 is 5.88 Å². The van der Waals surface area contributed by atoms with Gasteiger partial charge in [0.05, 0.1) is 5.41 Å². The average Bonchev–Trinajstić information content (AvgIpc) is 3.06. The smallest absolute Gasteiger partial charge is 0.234 e. The zero-order chi connectivity index (χ0) is 15.0. The summed E-state index contributed by atoms with van der Waals surface area (Å²) in [4.78, 5) is 10.5. The number of piperidine rings is 1. The van der Waals surface area contributed by atoms with Gasteiger partial charge in [0.1, 0.15) is 6.07 Å². The topological polar surface area (TPSA) is 92.0 Å². The van der Waals surface area contributed by atoms with Gasteiger partial charge in [0, 0.05) is 20.0 Å². The van der Waals surface area contributed by atoms with Crippen LogP contribution in [-0.4, -0.2) is 28.2 Å². The van der Waals surface area contributed by atoms with Crippen molar-refractivity contribution < 1.29 is 8.94 Å². The van der Waals surface area contributed by atoms with Gasteiger partial charge in [-0.1, -0.05) is 12.1 Å². The number of aromatic nitrogens is 3. The molecule has 110 valence electrons. The number of nitriles is 1. The molecule has 0 unspecified atom stereocenters. The highest BCUT2D eigenvalue weighted by molar-refractivity contribution is 5.48. The van der Waals surface area contributed by atoms with Crippen molar-refractivity contribution in [1.29, 1.82) is 5.26 Å². The van der Waals surface area contributed by atoms with E-state index in [2.05, 4.69) is 33.0 Å². The number of rotatable bonds is 2. The minimum absolute atomic E-state index is 0.125. The van der Waals surface area contributed by atoms with Crippen molar-refractivity contribution in [3.05, 3.63) is 23.3 Å². The lowest BCUT2D eigenvalue weighted by atomic mass is 9.80. The van der Waals surface area contributed by atoms with Crippen molar-refractivity contribution in [3.63, 3.8) is 0 Å². The van der Waals surface area contributed by atoms with Gasteiger partial charge in [-0.2, -0.15) is 10.2 Å². The fourth-order valence-electron chi connectivity index (χ4n) is 2.66. The minimum Gasteiger partial charge on any atom is -0.424 e. The first kappa shape index (κ1) is 13.6. The van der Waals surface area contributed by atoms with Crippen LogP contribution in [0.3, 0.4) is 0 Å². The van der Waals surface area contributed by atoms with Crippen molar-refractivity contribution in [1.82, 2.24) is 15.1 Å². The summed E-state index contributed by atoms with van der Waals surface area (Å²) in [5.41, 5.74) is 0.226. The summed E-state index contributed by atoms with van der Waals surface area (Å²) in [7, 11) is 0. The van der Waals surface area contributed by atoms with Crippen molar-refractivity contribution in [2.75, 3.05) is 18.0 Å². The van der Waals surface area contributed by atoms with Gasteiger partial charge in [-0.25, -0.2) is 4.98 Å². The van der Waals surface area contributed by atoms with E-state index in [9.17, 15) is 0 Å². The predicted molar refractivity (Wildman–Crippen MR) is 73.8 cm³/mol. The molecule has 0 spiro atoms. The Morgan fingerprint density at radius 1 is 1.24 bits per heavy atom. The number of anilines is 1. The van der Waals surface area contributed by atoms with E-state index in [1.807, 2.05) is 6.92 Å². The van der Waals surface area contributed by atoms with E-state index < -0.39 is 0 Å². The average molecular weight is 287 g/mol. The SMILES string of the molecule is Cc1noc(C2(C)CCN(c3oc(C)nc3C#N)CC2)n1. The van der Waals surface area contributed by atoms with Gasteiger partial charge in [0.2, 0.25) is 17.5 Å². The van der Waals surface area contributed by atoms with Gasteiger partial charge in [-0.3, -0.25) is 0 Å². The summed E-state index contributed by atoms with van der Waals surface area (Å²) >= 11 is 0. The van der Waals surface area contributed by atoms with Gasteiger partial charge in [-0.15, -0.1) is 0 Å². The lowest BCUT2D eigenvalue weighted by molar-refractivity contribution is 0.249. The minimum atomic E-state index is -0.125. The van der Waals surface area contributed by atoms with Crippen LogP contribution in [0.5, 0.6) is 0 Å². The molecule has 1 aliphatic rings. The highest BCUT2D eigenvalue weighted by Gasteiger charge is 2.38. The number of nitrogens with zero attached hydrogens (tertiary/aromatic N) is 5. The van der Waals surface area contributed by atoms with Crippen LogP contribution in [0.15, 0.2) is 8.94 Å². The summed E-state index contributed by atoms with van der Waals surface area (Å²) in [6, 6.07) is 2.08. The molecule has 0 bridgehead atoms. The van der Waals surface area contributed by atoms with E-state index in [1.165, 1.54) is 0 Å². The molecule has 0 atom stereocenters. The number of aryl methyl sites for hydroxylation is 2. The zero-order valence-corrected chi connectivity index (χ0v) is 12.4. The Labute approximate surface area is 122 Å². The molecule has 3 heterocycles. The van der Waals surface area contributed by atoms with E-state index in [0.717, 1.165) is 25.9 Å². The Kier molecular flexibility index (Phi) is 3.16. The summed E-state index contributed by atoms with van der Waals surface area (Å²) in [6.45, 7) is 7.23. The maximum Gasteiger partial charge on any atom is 0.234 e. The molecule has 3 rings (SSSR count). The Bertz CT molecular complexity index is 689. The van der Waals surface area contributed by atoms with E-state index in [0.29, 0.717) is 29.2 Å². The number of oxazole rings is 1. The third-order valence-corrected chi connectivity index (χ3v) is 4.02. The molecule has 7 nitrogen and oxygen atoms in total. The Morgan fingerprint density at radius 2 is 1.95 bits per heavy atom. The molecule has 2 aromatic heterocycles. The lowest BCUT2D eigenvalue weighted by Crippen LogP contribution is -2.41. The van der Waals surface area contributed by atoms with Crippen LogP contribution in [-0.2, 0) is 5.41 Å². The molecule has 0 saturated carbocycles. The van der Waals surface area contributed by atoms with Gasteiger partial charge in [0.15, 0.2) is 11.7 Å². The van der Waals surface area contributed by atoms with E-state index in [4.69, 9.17) is 14.2 Å². The van der Waals surface area contributed by atoms with Crippen LogP contribution < -0.4 is 4.90 Å². The molecule has 7 heteroatoms. The Hall–Kier alpha value is -2.36. The first-order valence-corrected chi connectivity index (χ1v) is 6.95. The van der Waals surface area contributed by atoms with Crippen LogP contribution in [0.4, 0.5) is 5.88 Å². The molecule has 21 heavy (non-hydrogen) atoms. The maximum absolute atomic E-state index is 9.11. The van der Waals surface area contributed by atoms with Gasteiger partial charge in [0.25, 0.3) is 0 Å². The quantitative estimate of drug-likeness (QED) is 0.835. The van der Waals surface area contributed by atoms with Crippen molar-refractivity contribution in [2.24, 2.45) is 0 Å². The second kappa shape index (κ2) is 4.88. The van der Waals surface area contributed by atoms with Crippen molar-refractivity contribution in [3.8, 4) is 6.07 Å². The molecular formula is C14H17N5O2. The first-order chi connectivity index (χ1) is 10.0. The molecule has 1 saturated heterocycles. The van der Waals surface area contributed by atoms with Crippen molar-refractivity contribution in [2.45, 2.75) is 39.0 Å². The highest BCUT2D eigenvalue weighted by Crippen LogP contribution is 2.36. The van der Waals surface area contributed by atoms with Gasteiger partial charge in [-0.05, 0) is 19.8 Å². The fourth-order valence-corrected chi connectivity index (χ4v) is 2.66. The molecule has 1 aliphatic heterocycles. The normalized spacial score (nSPS) is 17.7. The van der Waals surface area contributed by atoms with Gasteiger partial charge >= 0.3 is 0 Å². The standard InChI is InChI=1S/C14H17N5O2/c1-9-16-13(21-18-9)14(3)4-6-19(7-5-14)12-11(8-15)17-10(2)20-12/h4-7H2,1-3H3. The van der Waals surface area contributed by atoms with E-state index >= 15 is 0 Å². The lowest BCUT2D eigenvalue weighted by Gasteiger charge is -2.36. The van der Waals surface area contributed by atoms with Crippen LogP contribution in [0.1, 0.15) is 43.1 Å². The molecular weight excluding hydrogens is 270 g/mol. The first-order valence-electron chi connectivity index (χ1n) is 6.95. The summed E-state index contributed by atoms with van der Waals surface area (Å²) in [5, 5.41) is 13.0. The second-order valence-corrected chi connectivity index (χ2v) is 5.69. The van der Waals surface area contributed by atoms with Gasteiger partial charge < -0.3 is 13.8 Å². The zero-order valence-electron chi connectivity index (χ0n) is 12.4. The van der Waals surface area contributed by atoms with Crippen LogP contribution in [0, 0.1) is 25.2 Å². The molecule has 0 amide bonds. The molecule has 1 fully saturated rings. The molecule has 0 radical (unpaired) electrons. The van der Waals surface area contributed by atoms with E-state index in [-0.39, 0.29) is 5.41 Å². The fraction of sp³-hybridized carbons (Fsp3) is 0.571. The molecule has 0 aromatic carbocycles. The third-order valence-electron chi connectivity index (χ3n) is 4.02. The van der Waals surface area contributed by atoms with E-state index in [1.54, 1.807) is 6.92 Å². The summed E-state index contributed by atoms with van der Waals surface area (Å²) < 4.78 is 10.9. The largest absolute Gasteiger partial charge is 0.424 e. The monoisotopic (exact) mass is 287 g/mol. The molecule has 0 aliphatic carbocycles. The van der Waals surface area contributed by atoms with Crippen LogP contribution in [0.2, 0.25) is 0 Å². The molecule has 0 N–H and O–H groups in total.